The molecule has 0 fully saturated rings. The quantitative estimate of drug-likeness (QED) is 0.342. The van der Waals surface area contributed by atoms with Crippen LogP contribution in [-0.4, -0.2) is 50.9 Å². The maximum absolute atomic E-state index is 14.0. The van der Waals surface area contributed by atoms with Gasteiger partial charge < -0.3 is 15.0 Å². The molecule has 3 aromatic carbocycles. The summed E-state index contributed by atoms with van der Waals surface area (Å²) in [6.07, 6.45) is 0.309. The van der Waals surface area contributed by atoms with Crippen LogP contribution in [0.15, 0.2) is 77.7 Å². The van der Waals surface area contributed by atoms with Crippen LogP contribution < -0.4 is 14.4 Å². The predicted octanol–water partition coefficient (Wildman–Crippen LogP) is 4.67. The van der Waals surface area contributed by atoms with E-state index in [0.717, 1.165) is 34.1 Å². The van der Waals surface area contributed by atoms with Crippen LogP contribution in [0.5, 0.6) is 5.75 Å². The monoisotopic (exact) mass is 569 g/mol. The first kappa shape index (κ1) is 30.6. The molecule has 0 bridgehead atoms. The van der Waals surface area contributed by atoms with Gasteiger partial charge in [0.1, 0.15) is 24.2 Å². The highest BCUT2D eigenvalue weighted by Crippen LogP contribution is 2.26. The molecule has 0 aliphatic rings. The molecule has 3 aromatic rings. The minimum absolute atomic E-state index is 0.0540. The van der Waals surface area contributed by atoms with E-state index in [-0.39, 0.29) is 29.1 Å². The first-order valence-corrected chi connectivity index (χ1v) is 14.5. The Morgan fingerprint density at radius 1 is 1.00 bits per heavy atom. The maximum atomic E-state index is 14.0. The fourth-order valence-electron chi connectivity index (χ4n) is 4.24. The molecule has 214 valence electrons. The average molecular weight is 570 g/mol. The Morgan fingerprint density at radius 2 is 1.65 bits per heavy atom. The summed E-state index contributed by atoms with van der Waals surface area (Å²) in [6.45, 7) is 6.79. The molecule has 0 aromatic heterocycles. The van der Waals surface area contributed by atoms with Gasteiger partial charge in [-0.2, -0.15) is 0 Å². The van der Waals surface area contributed by atoms with Gasteiger partial charge in [0.2, 0.25) is 11.8 Å². The van der Waals surface area contributed by atoms with Crippen molar-refractivity contribution in [2.24, 2.45) is 0 Å². The molecule has 8 nitrogen and oxygen atoms in total. The van der Waals surface area contributed by atoms with Crippen molar-refractivity contribution in [2.75, 3.05) is 18.0 Å². The van der Waals surface area contributed by atoms with E-state index in [9.17, 15) is 22.4 Å². The third-order valence-corrected chi connectivity index (χ3v) is 8.09. The Bertz CT molecular complexity index is 1410. The van der Waals surface area contributed by atoms with Crippen LogP contribution in [0, 0.1) is 12.7 Å². The number of hydrogen-bond donors (Lipinski definition) is 1. The molecule has 1 atom stereocenters. The van der Waals surface area contributed by atoms with Crippen molar-refractivity contribution < 1.29 is 27.1 Å². The minimum atomic E-state index is -4.27. The molecule has 0 spiro atoms. The number of sulfonamides is 1. The van der Waals surface area contributed by atoms with Crippen molar-refractivity contribution in [1.29, 1.82) is 0 Å². The summed E-state index contributed by atoms with van der Waals surface area (Å²) in [7, 11) is -2.73. The predicted molar refractivity (Wildman–Crippen MR) is 153 cm³/mol. The summed E-state index contributed by atoms with van der Waals surface area (Å²) in [5.74, 6) is -0.898. The van der Waals surface area contributed by atoms with Gasteiger partial charge in [-0.05, 0) is 81.3 Å². The van der Waals surface area contributed by atoms with E-state index in [1.54, 1.807) is 49.4 Å². The Kier molecular flexibility index (Phi) is 10.3. The molecule has 0 aliphatic heterocycles. The summed E-state index contributed by atoms with van der Waals surface area (Å²) in [5.41, 5.74) is 1.89. The van der Waals surface area contributed by atoms with E-state index in [0.29, 0.717) is 17.7 Å². The number of methoxy groups -OCH3 is 1. The minimum Gasteiger partial charge on any atom is -0.497 e. The molecule has 2 amide bonds. The molecule has 10 heteroatoms. The number of halogens is 1. The molecular formula is C30H36FN3O5S. The SMILES string of the molecule is CC[C@@H](C(=O)NC(C)C)N(Cc1cccc(OC)c1)C(=O)CN(c1ccc(C)cc1)S(=O)(=O)c1ccc(F)cc1. The lowest BCUT2D eigenvalue weighted by atomic mass is 10.1. The van der Waals surface area contributed by atoms with Gasteiger partial charge >= 0.3 is 0 Å². The average Bonchev–Trinajstić information content (AvgIpc) is 2.92. The van der Waals surface area contributed by atoms with E-state index < -0.39 is 34.3 Å². The summed E-state index contributed by atoms with van der Waals surface area (Å²) < 4.78 is 47.5. The summed E-state index contributed by atoms with van der Waals surface area (Å²) in [5, 5.41) is 2.87. The van der Waals surface area contributed by atoms with Crippen molar-refractivity contribution in [3.63, 3.8) is 0 Å². The molecule has 0 radical (unpaired) electrons. The zero-order valence-electron chi connectivity index (χ0n) is 23.4. The van der Waals surface area contributed by atoms with Crippen LogP contribution in [0.3, 0.4) is 0 Å². The molecule has 3 rings (SSSR count). The number of rotatable bonds is 12. The molecule has 1 N–H and O–H groups in total. The van der Waals surface area contributed by atoms with Crippen LogP contribution in [-0.2, 0) is 26.2 Å². The van der Waals surface area contributed by atoms with Gasteiger partial charge in [-0.3, -0.25) is 13.9 Å². The highest BCUT2D eigenvalue weighted by molar-refractivity contribution is 7.92. The fourth-order valence-corrected chi connectivity index (χ4v) is 5.66. The topological polar surface area (TPSA) is 96.0 Å². The van der Waals surface area contributed by atoms with E-state index in [1.165, 1.54) is 12.0 Å². The molecule has 0 saturated carbocycles. The highest BCUT2D eigenvalue weighted by Gasteiger charge is 2.34. The number of benzene rings is 3. The fraction of sp³-hybridized carbons (Fsp3) is 0.333. The normalized spacial score (nSPS) is 12.1. The molecule has 0 unspecified atom stereocenters. The second-order valence-corrected chi connectivity index (χ2v) is 11.6. The number of ether oxygens (including phenoxy) is 1. The number of nitrogens with zero attached hydrogens (tertiary/aromatic N) is 2. The third-order valence-electron chi connectivity index (χ3n) is 6.31. The Hall–Kier alpha value is -3.92. The number of hydrogen-bond acceptors (Lipinski definition) is 5. The smallest absolute Gasteiger partial charge is 0.264 e. The van der Waals surface area contributed by atoms with Gasteiger partial charge in [0, 0.05) is 12.6 Å². The third kappa shape index (κ3) is 7.59. The van der Waals surface area contributed by atoms with Crippen LogP contribution in [0.1, 0.15) is 38.3 Å². The molecule has 40 heavy (non-hydrogen) atoms. The number of aryl methyl sites for hydroxylation is 1. The molecular weight excluding hydrogens is 533 g/mol. The first-order valence-electron chi connectivity index (χ1n) is 13.0. The van der Waals surface area contributed by atoms with Gasteiger partial charge in [0.05, 0.1) is 17.7 Å². The van der Waals surface area contributed by atoms with E-state index in [4.69, 9.17) is 4.74 Å². The number of anilines is 1. The number of carbonyl (C=O) groups excluding carboxylic acids is 2. The molecule has 0 heterocycles. The molecule has 0 aliphatic carbocycles. The van der Waals surface area contributed by atoms with Gasteiger partial charge in [0.25, 0.3) is 10.0 Å². The van der Waals surface area contributed by atoms with Crippen LogP contribution >= 0.6 is 0 Å². The number of carbonyl (C=O) groups is 2. The summed E-state index contributed by atoms with van der Waals surface area (Å²) in [6, 6.07) is 17.3. The van der Waals surface area contributed by atoms with E-state index in [2.05, 4.69) is 5.32 Å². The zero-order valence-corrected chi connectivity index (χ0v) is 24.2. The second kappa shape index (κ2) is 13.4. The first-order chi connectivity index (χ1) is 19.0. The van der Waals surface area contributed by atoms with Crippen LogP contribution in [0.4, 0.5) is 10.1 Å². The van der Waals surface area contributed by atoms with Crippen LogP contribution in [0.2, 0.25) is 0 Å². The Labute approximate surface area is 235 Å². The lowest BCUT2D eigenvalue weighted by Crippen LogP contribution is -2.53. The Balaban J connectivity index is 2.06. The summed E-state index contributed by atoms with van der Waals surface area (Å²) in [4.78, 5) is 28.5. The number of amides is 2. The lowest BCUT2D eigenvalue weighted by Gasteiger charge is -2.33. The standard InChI is InChI=1S/C30H36FN3O5S/c1-6-28(30(36)32-21(2)3)33(19-23-8-7-9-26(18-23)39-5)29(35)20-34(25-14-10-22(4)11-15-25)40(37,38)27-16-12-24(31)13-17-27/h7-18,21,28H,6,19-20H2,1-5H3,(H,32,36)/t28-/m0/s1. The summed E-state index contributed by atoms with van der Waals surface area (Å²) >= 11 is 0. The van der Waals surface area contributed by atoms with Gasteiger partial charge in [-0.15, -0.1) is 0 Å². The van der Waals surface area contributed by atoms with Gasteiger partial charge in [-0.25, -0.2) is 12.8 Å². The maximum Gasteiger partial charge on any atom is 0.264 e. The van der Waals surface area contributed by atoms with Crippen LogP contribution in [0.25, 0.3) is 0 Å². The van der Waals surface area contributed by atoms with Crippen molar-refractivity contribution in [1.82, 2.24) is 10.2 Å². The second-order valence-electron chi connectivity index (χ2n) is 9.76. The van der Waals surface area contributed by atoms with Gasteiger partial charge in [0.15, 0.2) is 0 Å². The van der Waals surface area contributed by atoms with E-state index >= 15 is 0 Å². The highest BCUT2D eigenvalue weighted by atomic mass is 32.2. The lowest BCUT2D eigenvalue weighted by molar-refractivity contribution is -0.140. The zero-order chi connectivity index (χ0) is 29.4. The van der Waals surface area contributed by atoms with E-state index in [1.807, 2.05) is 26.8 Å². The number of nitrogens with one attached hydrogen (secondary N) is 1. The van der Waals surface area contributed by atoms with Crippen molar-refractivity contribution in [3.05, 3.63) is 89.7 Å². The van der Waals surface area contributed by atoms with Crippen molar-refractivity contribution >= 4 is 27.5 Å². The largest absolute Gasteiger partial charge is 0.497 e. The van der Waals surface area contributed by atoms with Crippen molar-refractivity contribution in [3.8, 4) is 5.75 Å². The molecule has 0 saturated heterocycles. The van der Waals surface area contributed by atoms with Crippen molar-refractivity contribution in [2.45, 2.75) is 57.6 Å². The Morgan fingerprint density at radius 3 is 2.23 bits per heavy atom. The van der Waals surface area contributed by atoms with Gasteiger partial charge in [-0.1, -0.05) is 36.8 Å².